The first-order chi connectivity index (χ1) is 12.4. The molecule has 0 saturated carbocycles. The zero-order valence-corrected chi connectivity index (χ0v) is 15.9. The van der Waals surface area contributed by atoms with Crippen molar-refractivity contribution >= 4 is 23.2 Å². The van der Waals surface area contributed by atoms with Crippen molar-refractivity contribution in [2.45, 2.75) is 25.7 Å². The number of aryl methyl sites for hydroxylation is 1. The molecule has 2 aromatic rings. The smallest absolute Gasteiger partial charge is 0.258 e. The molecule has 0 amide bonds. The minimum absolute atomic E-state index is 0.0216. The zero-order valence-electron chi connectivity index (χ0n) is 14.3. The third-order valence-electron chi connectivity index (χ3n) is 4.49. The van der Waals surface area contributed by atoms with Gasteiger partial charge in [0.15, 0.2) is 0 Å². The van der Waals surface area contributed by atoms with E-state index in [1.165, 1.54) is 0 Å². The number of pyridine rings is 1. The average Bonchev–Trinajstić information content (AvgIpc) is 2.59. The van der Waals surface area contributed by atoms with E-state index in [0.29, 0.717) is 26.9 Å². The molecule has 5 nitrogen and oxygen atoms in total. The summed E-state index contributed by atoms with van der Waals surface area (Å²) in [5.74, 6) is -0.362. The van der Waals surface area contributed by atoms with Gasteiger partial charge in [-0.1, -0.05) is 42.6 Å². The number of halogens is 2. The molecule has 0 fully saturated rings. The van der Waals surface area contributed by atoms with Gasteiger partial charge in [-0.3, -0.25) is 4.79 Å². The van der Waals surface area contributed by atoms with Gasteiger partial charge in [0.25, 0.3) is 5.56 Å². The first-order valence-corrected chi connectivity index (χ1v) is 8.90. The van der Waals surface area contributed by atoms with Crippen LogP contribution in [0.25, 0.3) is 0 Å². The number of rotatable bonds is 3. The Kier molecular flexibility index (Phi) is 4.99. The minimum Gasteiger partial charge on any atom is -0.440 e. The Bertz CT molecular complexity index is 1020. The second-order valence-corrected chi connectivity index (χ2v) is 6.96. The maximum Gasteiger partial charge on any atom is 0.258 e. The predicted octanol–water partition coefficient (Wildman–Crippen LogP) is 3.86. The van der Waals surface area contributed by atoms with Gasteiger partial charge in [0.05, 0.1) is 11.5 Å². The van der Waals surface area contributed by atoms with E-state index in [0.717, 1.165) is 18.5 Å². The highest BCUT2D eigenvalue weighted by Gasteiger charge is 2.35. The van der Waals surface area contributed by atoms with Gasteiger partial charge < -0.3 is 15.0 Å². The number of fused-ring (bicyclic) bond motifs is 1. The SMILES string of the molecule is CCCc1cc2c(c(=O)n1C)C(c1ccc(Cl)cc1Cl)C(C#N)=C(N)O2. The second kappa shape index (κ2) is 7.06. The van der Waals surface area contributed by atoms with Crippen molar-refractivity contribution in [2.75, 3.05) is 0 Å². The Balaban J connectivity index is 2.33. The van der Waals surface area contributed by atoms with Gasteiger partial charge in [-0.15, -0.1) is 0 Å². The van der Waals surface area contributed by atoms with Gasteiger partial charge in [-0.05, 0) is 24.1 Å². The third kappa shape index (κ3) is 2.96. The fourth-order valence-corrected chi connectivity index (χ4v) is 3.73. The van der Waals surface area contributed by atoms with Crippen LogP contribution in [0, 0.1) is 11.3 Å². The van der Waals surface area contributed by atoms with Crippen LogP contribution in [-0.2, 0) is 13.5 Å². The van der Waals surface area contributed by atoms with Crippen LogP contribution in [-0.4, -0.2) is 4.57 Å². The molecule has 7 heteroatoms. The second-order valence-electron chi connectivity index (χ2n) is 6.12. The van der Waals surface area contributed by atoms with Gasteiger partial charge >= 0.3 is 0 Å². The molecule has 1 aromatic carbocycles. The van der Waals surface area contributed by atoms with Crippen LogP contribution in [0.3, 0.4) is 0 Å². The molecule has 2 N–H and O–H groups in total. The van der Waals surface area contributed by atoms with Crippen molar-refractivity contribution < 1.29 is 4.74 Å². The monoisotopic (exact) mass is 389 g/mol. The lowest BCUT2D eigenvalue weighted by Crippen LogP contribution is -2.32. The maximum atomic E-state index is 13.1. The van der Waals surface area contributed by atoms with Crippen LogP contribution in [0.2, 0.25) is 10.0 Å². The number of aromatic nitrogens is 1. The predicted molar refractivity (Wildman–Crippen MR) is 101 cm³/mol. The number of nitriles is 1. The molecule has 0 spiro atoms. The summed E-state index contributed by atoms with van der Waals surface area (Å²) in [6.07, 6.45) is 1.61. The molecule has 1 unspecified atom stereocenters. The highest BCUT2D eigenvalue weighted by atomic mass is 35.5. The van der Waals surface area contributed by atoms with Crippen LogP contribution in [0.1, 0.15) is 36.1 Å². The summed E-state index contributed by atoms with van der Waals surface area (Å²) in [5, 5.41) is 10.4. The molecule has 1 aliphatic heterocycles. The summed E-state index contributed by atoms with van der Waals surface area (Å²) in [6, 6.07) is 8.81. The van der Waals surface area contributed by atoms with E-state index in [-0.39, 0.29) is 17.0 Å². The molecule has 134 valence electrons. The molecule has 0 aliphatic carbocycles. The van der Waals surface area contributed by atoms with Crippen LogP contribution in [0.15, 0.2) is 40.5 Å². The van der Waals surface area contributed by atoms with E-state index in [4.69, 9.17) is 33.7 Å². The lowest BCUT2D eigenvalue weighted by Gasteiger charge is -2.27. The van der Waals surface area contributed by atoms with Crippen molar-refractivity contribution in [1.29, 1.82) is 5.26 Å². The Morgan fingerprint density at radius 1 is 1.35 bits per heavy atom. The number of ether oxygens (including phenoxy) is 1. The van der Waals surface area contributed by atoms with Crippen LogP contribution < -0.4 is 16.0 Å². The maximum absolute atomic E-state index is 13.1. The molecule has 0 radical (unpaired) electrons. The fourth-order valence-electron chi connectivity index (χ4n) is 3.21. The van der Waals surface area contributed by atoms with Crippen molar-refractivity contribution in [2.24, 2.45) is 12.8 Å². The number of nitrogens with zero attached hydrogens (tertiary/aromatic N) is 2. The van der Waals surface area contributed by atoms with Gasteiger partial charge in [0.1, 0.15) is 17.4 Å². The van der Waals surface area contributed by atoms with Crippen LogP contribution >= 0.6 is 23.2 Å². The number of hydrogen-bond donors (Lipinski definition) is 1. The highest BCUT2D eigenvalue weighted by Crippen LogP contribution is 2.43. The Labute approximate surface area is 161 Å². The van der Waals surface area contributed by atoms with Gasteiger partial charge in [-0.2, -0.15) is 5.26 Å². The van der Waals surface area contributed by atoms with Crippen molar-refractivity contribution in [1.82, 2.24) is 4.57 Å². The topological polar surface area (TPSA) is 81.0 Å². The molecular weight excluding hydrogens is 373 g/mol. The molecule has 1 aliphatic rings. The van der Waals surface area contributed by atoms with Crippen molar-refractivity contribution in [3.05, 3.63) is 72.9 Å². The van der Waals surface area contributed by atoms with E-state index in [2.05, 4.69) is 6.07 Å². The molecule has 1 aromatic heterocycles. The van der Waals surface area contributed by atoms with Crippen molar-refractivity contribution in [3.63, 3.8) is 0 Å². The third-order valence-corrected chi connectivity index (χ3v) is 5.05. The Hall–Kier alpha value is -2.42. The van der Waals surface area contributed by atoms with E-state index in [9.17, 15) is 10.1 Å². The van der Waals surface area contributed by atoms with Crippen LogP contribution in [0.4, 0.5) is 0 Å². The molecule has 0 saturated heterocycles. The Morgan fingerprint density at radius 3 is 2.69 bits per heavy atom. The summed E-state index contributed by atoms with van der Waals surface area (Å²) in [6.45, 7) is 2.03. The van der Waals surface area contributed by atoms with E-state index < -0.39 is 5.92 Å². The normalized spacial score (nSPS) is 16.0. The summed E-state index contributed by atoms with van der Waals surface area (Å²) in [7, 11) is 1.71. The van der Waals surface area contributed by atoms with Crippen molar-refractivity contribution in [3.8, 4) is 11.8 Å². The Morgan fingerprint density at radius 2 is 2.08 bits per heavy atom. The first-order valence-electron chi connectivity index (χ1n) is 8.14. The van der Waals surface area contributed by atoms with E-state index in [1.807, 2.05) is 6.92 Å². The van der Waals surface area contributed by atoms with Gasteiger partial charge in [0.2, 0.25) is 5.88 Å². The largest absolute Gasteiger partial charge is 0.440 e. The summed E-state index contributed by atoms with van der Waals surface area (Å²) in [5.41, 5.74) is 7.67. The zero-order chi connectivity index (χ0) is 19.0. The quantitative estimate of drug-likeness (QED) is 0.863. The molecule has 3 rings (SSSR count). The standard InChI is InChI=1S/C19H17Cl2N3O2/c1-3-4-11-8-15-17(19(25)24(11)2)16(13(9-22)18(23)26-15)12-6-5-10(20)7-14(12)21/h5-8,16H,3-4,23H2,1-2H3. The molecule has 0 bridgehead atoms. The van der Waals surface area contributed by atoms with Crippen LogP contribution in [0.5, 0.6) is 5.75 Å². The minimum atomic E-state index is -0.706. The lowest BCUT2D eigenvalue weighted by atomic mass is 9.84. The first kappa shape index (κ1) is 18.4. The molecular formula is C19H17Cl2N3O2. The molecule has 1 atom stereocenters. The van der Waals surface area contributed by atoms with E-state index >= 15 is 0 Å². The fraction of sp³-hybridized carbons (Fsp3) is 0.263. The van der Waals surface area contributed by atoms with Gasteiger partial charge in [-0.25, -0.2) is 0 Å². The summed E-state index contributed by atoms with van der Waals surface area (Å²) < 4.78 is 7.21. The number of hydrogen-bond acceptors (Lipinski definition) is 4. The summed E-state index contributed by atoms with van der Waals surface area (Å²) in [4.78, 5) is 13.1. The van der Waals surface area contributed by atoms with Gasteiger partial charge in [0, 0.05) is 28.9 Å². The average molecular weight is 390 g/mol. The lowest BCUT2D eigenvalue weighted by molar-refractivity contribution is 0.389. The molecule has 26 heavy (non-hydrogen) atoms. The van der Waals surface area contributed by atoms with E-state index in [1.54, 1.807) is 35.9 Å². The number of nitrogens with two attached hydrogens (primary N) is 1. The number of allylic oxidation sites excluding steroid dienone is 1. The summed E-state index contributed by atoms with van der Waals surface area (Å²) >= 11 is 12.4. The highest BCUT2D eigenvalue weighted by molar-refractivity contribution is 6.35. The number of benzene rings is 1. The molecule has 2 heterocycles.